The molecule has 1 aliphatic heterocycles. The minimum Gasteiger partial charge on any atom is -0.384 e. The van der Waals surface area contributed by atoms with E-state index in [0.29, 0.717) is 13.0 Å². The SMILES string of the molecule is CS(=O)(=O)c1ccc(NCC2CCCS2(=O)=O)cc1. The summed E-state index contributed by atoms with van der Waals surface area (Å²) in [6.45, 7) is 0.376. The zero-order valence-electron chi connectivity index (χ0n) is 10.7. The highest BCUT2D eigenvalue weighted by atomic mass is 32.2. The van der Waals surface area contributed by atoms with Crippen molar-refractivity contribution in [1.29, 1.82) is 0 Å². The third-order valence-corrected chi connectivity index (χ3v) is 6.68. The molecule has 106 valence electrons. The average molecular weight is 303 g/mol. The van der Waals surface area contributed by atoms with Crippen LogP contribution in [0, 0.1) is 0 Å². The molecule has 0 spiro atoms. The second kappa shape index (κ2) is 5.13. The van der Waals surface area contributed by atoms with Gasteiger partial charge in [-0.05, 0) is 37.1 Å². The zero-order valence-corrected chi connectivity index (χ0v) is 12.3. The van der Waals surface area contributed by atoms with Gasteiger partial charge in [-0.3, -0.25) is 0 Å². The van der Waals surface area contributed by atoms with Gasteiger partial charge >= 0.3 is 0 Å². The lowest BCUT2D eigenvalue weighted by atomic mass is 10.2. The normalized spacial score (nSPS) is 22.3. The molecule has 1 saturated heterocycles. The number of hydrogen-bond donors (Lipinski definition) is 1. The molecular formula is C12H17NO4S2. The molecule has 7 heteroatoms. The molecule has 1 atom stereocenters. The van der Waals surface area contributed by atoms with Crippen molar-refractivity contribution in [3.8, 4) is 0 Å². The third-order valence-electron chi connectivity index (χ3n) is 3.28. The lowest BCUT2D eigenvalue weighted by Gasteiger charge is -2.12. The fraction of sp³-hybridized carbons (Fsp3) is 0.500. The summed E-state index contributed by atoms with van der Waals surface area (Å²) in [5.74, 6) is 0.270. The zero-order chi connectivity index (χ0) is 14.1. The van der Waals surface area contributed by atoms with Crippen LogP contribution in [0.2, 0.25) is 0 Å². The maximum absolute atomic E-state index is 11.6. The van der Waals surface area contributed by atoms with Crippen molar-refractivity contribution in [1.82, 2.24) is 0 Å². The van der Waals surface area contributed by atoms with Crippen LogP contribution in [0.1, 0.15) is 12.8 Å². The van der Waals surface area contributed by atoms with Gasteiger partial charge in [-0.1, -0.05) is 0 Å². The topological polar surface area (TPSA) is 80.3 Å². The fourth-order valence-corrected chi connectivity index (χ4v) is 4.54. The van der Waals surface area contributed by atoms with Crippen molar-refractivity contribution in [2.45, 2.75) is 23.0 Å². The van der Waals surface area contributed by atoms with Crippen molar-refractivity contribution in [3.05, 3.63) is 24.3 Å². The maximum Gasteiger partial charge on any atom is 0.175 e. The Hall–Kier alpha value is -1.08. The summed E-state index contributed by atoms with van der Waals surface area (Å²) < 4.78 is 45.9. The summed E-state index contributed by atoms with van der Waals surface area (Å²) >= 11 is 0. The van der Waals surface area contributed by atoms with Crippen LogP contribution in [0.15, 0.2) is 29.2 Å². The van der Waals surface area contributed by atoms with E-state index in [9.17, 15) is 16.8 Å². The molecule has 19 heavy (non-hydrogen) atoms. The molecular weight excluding hydrogens is 286 g/mol. The van der Waals surface area contributed by atoms with Gasteiger partial charge in [0.15, 0.2) is 19.7 Å². The second-order valence-corrected chi connectivity index (χ2v) is 9.23. The van der Waals surface area contributed by atoms with Gasteiger partial charge in [-0.2, -0.15) is 0 Å². The standard InChI is InChI=1S/C12H17NO4S2/c1-18(14,15)11-6-4-10(5-7-11)13-9-12-3-2-8-19(12,16)17/h4-7,12-13H,2-3,8-9H2,1H3. The van der Waals surface area contributed by atoms with Gasteiger partial charge in [0, 0.05) is 18.5 Å². The number of nitrogens with one attached hydrogen (secondary N) is 1. The van der Waals surface area contributed by atoms with Crippen molar-refractivity contribution in [2.24, 2.45) is 0 Å². The number of anilines is 1. The lowest BCUT2D eigenvalue weighted by molar-refractivity contribution is 0.591. The molecule has 1 unspecified atom stereocenters. The molecule has 5 nitrogen and oxygen atoms in total. The minimum atomic E-state index is -3.19. The third kappa shape index (κ3) is 3.48. The van der Waals surface area contributed by atoms with E-state index in [-0.39, 0.29) is 15.9 Å². The Morgan fingerprint density at radius 3 is 2.37 bits per heavy atom. The van der Waals surface area contributed by atoms with E-state index < -0.39 is 19.7 Å². The van der Waals surface area contributed by atoms with Crippen LogP contribution in [0.4, 0.5) is 5.69 Å². The van der Waals surface area contributed by atoms with Crippen LogP contribution in [-0.4, -0.2) is 40.6 Å². The molecule has 0 aromatic heterocycles. The molecule has 1 heterocycles. The monoisotopic (exact) mass is 303 g/mol. The molecule has 0 bridgehead atoms. The average Bonchev–Trinajstić information content (AvgIpc) is 2.65. The molecule has 1 aromatic rings. The van der Waals surface area contributed by atoms with E-state index in [4.69, 9.17) is 0 Å². The predicted octanol–water partition coefficient (Wildman–Crippen LogP) is 1.08. The van der Waals surface area contributed by atoms with Gasteiger partial charge in [-0.25, -0.2) is 16.8 Å². The highest BCUT2D eigenvalue weighted by Gasteiger charge is 2.30. The van der Waals surface area contributed by atoms with E-state index in [2.05, 4.69) is 5.32 Å². The Kier molecular flexibility index (Phi) is 3.87. The highest BCUT2D eigenvalue weighted by molar-refractivity contribution is 7.92. The Labute approximate surface area is 113 Å². The van der Waals surface area contributed by atoms with Gasteiger partial charge in [0.25, 0.3) is 0 Å². The van der Waals surface area contributed by atoms with Crippen LogP contribution < -0.4 is 5.32 Å². The Bertz CT molecular complexity index is 647. The van der Waals surface area contributed by atoms with Crippen molar-refractivity contribution in [3.63, 3.8) is 0 Å². The summed E-state index contributed by atoms with van der Waals surface area (Å²) in [7, 11) is -6.14. The van der Waals surface area contributed by atoms with Crippen molar-refractivity contribution >= 4 is 25.4 Å². The molecule has 1 N–H and O–H groups in total. The fourth-order valence-electron chi connectivity index (χ4n) is 2.14. The molecule has 1 aliphatic rings. The van der Waals surface area contributed by atoms with Crippen LogP contribution in [0.25, 0.3) is 0 Å². The van der Waals surface area contributed by atoms with Crippen molar-refractivity contribution in [2.75, 3.05) is 23.9 Å². The summed E-state index contributed by atoms with van der Waals surface area (Å²) in [4.78, 5) is 0.256. The smallest absolute Gasteiger partial charge is 0.175 e. The van der Waals surface area contributed by atoms with Crippen LogP contribution >= 0.6 is 0 Å². The van der Waals surface area contributed by atoms with Crippen LogP contribution in [0.3, 0.4) is 0 Å². The Morgan fingerprint density at radius 1 is 1.26 bits per heavy atom. The van der Waals surface area contributed by atoms with E-state index in [1.807, 2.05) is 0 Å². The molecule has 0 amide bonds. The largest absolute Gasteiger partial charge is 0.384 e. The van der Waals surface area contributed by atoms with E-state index in [1.165, 1.54) is 12.1 Å². The van der Waals surface area contributed by atoms with E-state index in [1.54, 1.807) is 12.1 Å². The number of hydrogen-bond acceptors (Lipinski definition) is 5. The molecule has 2 rings (SSSR count). The second-order valence-electron chi connectivity index (χ2n) is 4.81. The summed E-state index contributed by atoms with van der Waals surface area (Å²) in [6.07, 6.45) is 2.57. The predicted molar refractivity (Wildman–Crippen MR) is 74.9 cm³/mol. The van der Waals surface area contributed by atoms with E-state index in [0.717, 1.165) is 18.4 Å². The molecule has 1 fully saturated rings. The maximum atomic E-state index is 11.6. The molecule has 0 aliphatic carbocycles. The van der Waals surface area contributed by atoms with Gasteiger partial charge in [0.2, 0.25) is 0 Å². The highest BCUT2D eigenvalue weighted by Crippen LogP contribution is 2.21. The summed E-state index contributed by atoms with van der Waals surface area (Å²) in [5.41, 5.74) is 0.731. The first kappa shape index (κ1) is 14.3. The van der Waals surface area contributed by atoms with E-state index >= 15 is 0 Å². The summed E-state index contributed by atoms with van der Waals surface area (Å²) in [5, 5.41) is 2.72. The number of rotatable bonds is 4. The first-order valence-electron chi connectivity index (χ1n) is 6.04. The number of benzene rings is 1. The Morgan fingerprint density at radius 2 is 1.89 bits per heavy atom. The lowest BCUT2D eigenvalue weighted by Crippen LogP contribution is -2.25. The molecule has 1 aromatic carbocycles. The first-order chi connectivity index (χ1) is 8.79. The Balaban J connectivity index is 2.01. The van der Waals surface area contributed by atoms with Crippen LogP contribution in [-0.2, 0) is 19.7 Å². The summed E-state index contributed by atoms with van der Waals surface area (Å²) in [6, 6.07) is 6.33. The minimum absolute atomic E-state index is 0.256. The molecule has 0 radical (unpaired) electrons. The van der Waals surface area contributed by atoms with Gasteiger partial charge in [0.1, 0.15) is 0 Å². The van der Waals surface area contributed by atoms with Gasteiger partial charge < -0.3 is 5.32 Å². The quantitative estimate of drug-likeness (QED) is 0.900. The number of sulfone groups is 2. The first-order valence-corrected chi connectivity index (χ1v) is 9.65. The molecule has 0 saturated carbocycles. The van der Waals surface area contributed by atoms with Gasteiger partial charge in [-0.15, -0.1) is 0 Å². The van der Waals surface area contributed by atoms with Crippen LogP contribution in [0.5, 0.6) is 0 Å². The van der Waals surface area contributed by atoms with Gasteiger partial charge in [0.05, 0.1) is 15.9 Å². The van der Waals surface area contributed by atoms with Crippen molar-refractivity contribution < 1.29 is 16.8 Å².